The van der Waals surface area contributed by atoms with Gasteiger partial charge in [0.15, 0.2) is 0 Å². The molecule has 1 aromatic heterocycles. The van der Waals surface area contributed by atoms with Crippen molar-refractivity contribution in [3.8, 4) is 10.1 Å². The van der Waals surface area contributed by atoms with Crippen LogP contribution in [-0.2, 0) is 0 Å². The van der Waals surface area contributed by atoms with Crippen LogP contribution in [0.15, 0.2) is 125 Å². The maximum absolute atomic E-state index is 5.59. The van der Waals surface area contributed by atoms with Gasteiger partial charge in [0.1, 0.15) is 0 Å². The van der Waals surface area contributed by atoms with Gasteiger partial charge in [0.05, 0.1) is 0 Å². The maximum atomic E-state index is 5.59. The van der Waals surface area contributed by atoms with Crippen molar-refractivity contribution in [1.29, 1.82) is 0 Å². The number of aromatic nitrogens is 1. The van der Waals surface area contributed by atoms with Crippen molar-refractivity contribution in [3.05, 3.63) is 121 Å². The Bertz CT molecular complexity index is 1280. The van der Waals surface area contributed by atoms with E-state index in [-0.39, 0.29) is 14.5 Å². The monoisotopic (exact) mass is 657 g/mol. The summed E-state index contributed by atoms with van der Waals surface area (Å²) >= 11 is 5.00. The second kappa shape index (κ2) is 10.1. The molecule has 1 heterocycles. The molecule has 0 saturated heterocycles. The number of halogens is 1. The van der Waals surface area contributed by atoms with Crippen LogP contribution in [0, 0.1) is 0 Å². The Balaban J connectivity index is 1.95. The van der Waals surface area contributed by atoms with Crippen LogP contribution in [0.3, 0.4) is 0 Å². The Labute approximate surface area is 225 Å². The molecule has 5 rings (SSSR count). The molecule has 1 nitrogen and oxygen atoms in total. The van der Waals surface area contributed by atoms with Crippen molar-refractivity contribution >= 4 is 73.9 Å². The second-order valence-electron chi connectivity index (χ2n) is 7.94. The number of hydrogen-bond donors (Lipinski definition) is 0. The van der Waals surface area contributed by atoms with Crippen molar-refractivity contribution < 1.29 is 0 Å². The van der Waals surface area contributed by atoms with E-state index in [9.17, 15) is 0 Å². The average Bonchev–Trinajstić information content (AvgIpc) is 3.35. The zero-order valence-corrected chi connectivity index (χ0v) is 24.4. The Morgan fingerprint density at radius 2 is 1.09 bits per heavy atom. The SMILES string of the molecule is CCSc1[se]c(-c2ccccc2)nc1P(I)(c1ccccc1)(c1ccccc1)c1ccccc1. The number of benzene rings is 4. The summed E-state index contributed by atoms with van der Waals surface area (Å²) < 4.78 is -0.452. The molecule has 4 aromatic carbocycles. The van der Waals surface area contributed by atoms with Gasteiger partial charge in [-0.25, -0.2) is 0 Å². The van der Waals surface area contributed by atoms with Crippen LogP contribution >= 0.6 is 38.0 Å². The average molecular weight is 656 g/mol. The molecule has 0 saturated carbocycles. The van der Waals surface area contributed by atoms with Crippen LogP contribution in [0.25, 0.3) is 10.1 Å². The number of nitrogens with zero attached hydrogens (tertiary/aromatic N) is 1. The van der Waals surface area contributed by atoms with E-state index >= 15 is 0 Å². The molecule has 5 aromatic rings. The topological polar surface area (TPSA) is 12.9 Å². The number of rotatable bonds is 7. The third kappa shape index (κ3) is 3.94. The molecule has 0 amide bonds. The molecule has 5 heteroatoms. The van der Waals surface area contributed by atoms with E-state index in [1.54, 1.807) is 0 Å². The van der Waals surface area contributed by atoms with Crippen LogP contribution in [0.2, 0.25) is 0 Å². The van der Waals surface area contributed by atoms with E-state index in [1.165, 1.54) is 35.2 Å². The third-order valence-electron chi connectivity index (χ3n) is 6.00. The molecule has 34 heavy (non-hydrogen) atoms. The Kier molecular flexibility index (Phi) is 7.16. The summed E-state index contributed by atoms with van der Waals surface area (Å²) in [5.74, 6) is 1.04. The minimum atomic E-state index is -3.14. The number of thioether (sulfide) groups is 1. The molecule has 0 N–H and O–H groups in total. The van der Waals surface area contributed by atoms with E-state index in [0.717, 1.165) is 5.75 Å². The summed E-state index contributed by atoms with van der Waals surface area (Å²) in [6.07, 6.45) is 0. The summed E-state index contributed by atoms with van der Waals surface area (Å²) in [4.78, 5) is 5.59. The third-order valence-corrected chi connectivity index (χ3v) is 21.6. The first-order valence-electron chi connectivity index (χ1n) is 11.3. The zero-order valence-electron chi connectivity index (χ0n) is 18.8. The van der Waals surface area contributed by atoms with Gasteiger partial charge in [0.25, 0.3) is 0 Å². The fourth-order valence-corrected chi connectivity index (χ4v) is 20.2. The molecular formula is C29H25INPSSe. The molecule has 170 valence electrons. The summed E-state index contributed by atoms with van der Waals surface area (Å²) in [6, 6.07) is 44.0. The molecular weight excluding hydrogens is 631 g/mol. The molecule has 0 aliphatic rings. The fraction of sp³-hybridized carbons (Fsp3) is 0.0690. The van der Waals surface area contributed by atoms with E-state index < -0.39 is 4.25 Å². The van der Waals surface area contributed by atoms with E-state index in [4.69, 9.17) is 4.98 Å². The molecule has 0 unspecified atom stereocenters. The fourth-order valence-electron chi connectivity index (χ4n) is 4.43. The summed E-state index contributed by atoms with van der Waals surface area (Å²) in [6.45, 7) is 2.25. The van der Waals surface area contributed by atoms with Crippen molar-refractivity contribution in [3.63, 3.8) is 0 Å². The Morgan fingerprint density at radius 3 is 1.50 bits per heavy atom. The van der Waals surface area contributed by atoms with Crippen molar-refractivity contribution in [1.82, 2.24) is 4.98 Å². The summed E-state index contributed by atoms with van der Waals surface area (Å²) in [7, 11) is 0. The quantitative estimate of drug-likeness (QED) is 0.0869. The molecule has 0 spiro atoms. The predicted octanol–water partition coefficient (Wildman–Crippen LogP) is 6.42. The van der Waals surface area contributed by atoms with Crippen LogP contribution in [-0.4, -0.2) is 25.2 Å². The normalized spacial score (nSPS) is 12.7. The van der Waals surface area contributed by atoms with Crippen molar-refractivity contribution in [2.24, 2.45) is 0 Å². The van der Waals surface area contributed by atoms with Crippen LogP contribution in [0.1, 0.15) is 6.92 Å². The molecule has 0 bridgehead atoms. The van der Waals surface area contributed by atoms with Gasteiger partial charge in [-0.3, -0.25) is 0 Å². The van der Waals surface area contributed by atoms with Gasteiger partial charge < -0.3 is 0 Å². The minimum absolute atomic E-state index is 0.171. The standard InChI is InChI=1S/C29H25INPSSe/c1-2-33-29-27(31-28(34-29)23-15-7-3-8-16-23)32(30,24-17-9-4-10-18-24,25-19-11-5-12-20-25)26-21-13-6-14-22-26/h3-22H,2H2,1H3. The zero-order chi connectivity index (χ0) is 23.5. The van der Waals surface area contributed by atoms with Gasteiger partial charge >= 0.3 is 227 Å². The van der Waals surface area contributed by atoms with Crippen LogP contribution < -0.4 is 21.3 Å². The summed E-state index contributed by atoms with van der Waals surface area (Å²) in [5.41, 5.74) is 2.52. The molecule has 0 atom stereocenters. The van der Waals surface area contributed by atoms with E-state index in [1.807, 2.05) is 11.8 Å². The van der Waals surface area contributed by atoms with E-state index in [0.29, 0.717) is 0 Å². The first-order chi connectivity index (χ1) is 16.7. The summed E-state index contributed by atoms with van der Waals surface area (Å²) in [5, 5.41) is 4.05. The second-order valence-corrected chi connectivity index (χ2v) is 21.7. The molecule has 0 fully saturated rings. The van der Waals surface area contributed by atoms with Crippen LogP contribution in [0.4, 0.5) is 0 Å². The first-order valence-corrected chi connectivity index (χ1v) is 19.0. The van der Waals surface area contributed by atoms with Gasteiger partial charge in [-0.15, -0.1) is 0 Å². The van der Waals surface area contributed by atoms with Gasteiger partial charge in [-0.1, -0.05) is 0 Å². The van der Waals surface area contributed by atoms with Crippen molar-refractivity contribution in [2.75, 3.05) is 5.75 Å². The Morgan fingerprint density at radius 1 is 0.676 bits per heavy atom. The van der Waals surface area contributed by atoms with Gasteiger partial charge in [0.2, 0.25) is 0 Å². The van der Waals surface area contributed by atoms with Gasteiger partial charge in [-0.2, -0.15) is 0 Å². The first kappa shape index (κ1) is 24.0. The molecule has 0 aliphatic carbocycles. The van der Waals surface area contributed by atoms with Crippen LogP contribution in [0.5, 0.6) is 0 Å². The predicted molar refractivity (Wildman–Crippen MR) is 162 cm³/mol. The number of hydrogen-bond acceptors (Lipinski definition) is 2. The van der Waals surface area contributed by atoms with Gasteiger partial charge in [-0.05, 0) is 0 Å². The molecule has 0 radical (unpaired) electrons. The van der Waals surface area contributed by atoms with E-state index in [2.05, 4.69) is 150 Å². The van der Waals surface area contributed by atoms with Gasteiger partial charge in [0, 0.05) is 0 Å². The molecule has 0 aliphatic heterocycles. The van der Waals surface area contributed by atoms with Crippen molar-refractivity contribution in [2.45, 2.75) is 10.7 Å². The Hall–Kier alpha value is -1.68.